The Morgan fingerprint density at radius 2 is 1.90 bits per heavy atom. The second kappa shape index (κ2) is 8.62. The first-order chi connectivity index (χ1) is 14.1. The molecule has 0 aliphatic carbocycles. The number of carbonyl (C=O) groups excluding carboxylic acids is 1. The van der Waals surface area contributed by atoms with Gasteiger partial charge in [0, 0.05) is 37.1 Å². The lowest BCUT2D eigenvalue weighted by molar-refractivity contribution is 0.0908. The van der Waals surface area contributed by atoms with E-state index in [0.29, 0.717) is 5.56 Å². The number of piperidine rings is 1. The fraction of sp³-hybridized carbons (Fsp3) is 0.333. The summed E-state index contributed by atoms with van der Waals surface area (Å²) in [4.78, 5) is 19.9. The van der Waals surface area contributed by atoms with Crippen LogP contribution in [0.1, 0.15) is 34.5 Å². The highest BCUT2D eigenvalue weighted by atomic mass is 16.5. The van der Waals surface area contributed by atoms with Crippen molar-refractivity contribution in [2.75, 3.05) is 20.2 Å². The second-order valence-corrected chi connectivity index (χ2v) is 7.69. The van der Waals surface area contributed by atoms with Crippen LogP contribution >= 0.6 is 0 Å². The Balaban J connectivity index is 1.38. The van der Waals surface area contributed by atoms with Gasteiger partial charge in [-0.3, -0.25) is 14.7 Å². The van der Waals surface area contributed by atoms with Crippen LogP contribution in [0.4, 0.5) is 0 Å². The summed E-state index contributed by atoms with van der Waals surface area (Å²) >= 11 is 0. The number of hydrogen-bond acceptors (Lipinski definition) is 4. The molecule has 1 aliphatic rings. The van der Waals surface area contributed by atoms with Crippen molar-refractivity contribution in [1.29, 1.82) is 0 Å². The van der Waals surface area contributed by atoms with Gasteiger partial charge in [0.2, 0.25) is 0 Å². The maximum absolute atomic E-state index is 12.9. The Morgan fingerprint density at radius 1 is 1.14 bits per heavy atom. The third kappa shape index (κ3) is 4.57. The molecule has 0 atom stereocenters. The highest BCUT2D eigenvalue weighted by Crippen LogP contribution is 2.22. The van der Waals surface area contributed by atoms with Crippen LogP contribution in [0.5, 0.6) is 5.75 Å². The van der Waals surface area contributed by atoms with Gasteiger partial charge in [0.1, 0.15) is 5.75 Å². The average Bonchev–Trinajstić information content (AvgIpc) is 2.75. The minimum Gasteiger partial charge on any atom is -0.497 e. The quantitative estimate of drug-likeness (QED) is 0.718. The van der Waals surface area contributed by atoms with Gasteiger partial charge in [0.25, 0.3) is 5.91 Å². The number of likely N-dealkylation sites (tertiary alicyclic amines) is 1. The van der Waals surface area contributed by atoms with Crippen LogP contribution in [0, 0.1) is 6.92 Å². The molecule has 0 radical (unpaired) electrons. The number of carbonyl (C=O) groups is 1. The van der Waals surface area contributed by atoms with Crippen LogP contribution in [-0.4, -0.2) is 42.0 Å². The number of pyridine rings is 1. The molecule has 2 aromatic carbocycles. The molecule has 1 saturated heterocycles. The summed E-state index contributed by atoms with van der Waals surface area (Å²) in [5, 5.41) is 4.16. The Bertz CT molecular complexity index is 996. The van der Waals surface area contributed by atoms with E-state index in [2.05, 4.69) is 39.5 Å². The van der Waals surface area contributed by atoms with Crippen molar-refractivity contribution in [2.24, 2.45) is 0 Å². The highest BCUT2D eigenvalue weighted by molar-refractivity contribution is 5.98. The molecule has 0 unspecified atom stereocenters. The lowest BCUT2D eigenvalue weighted by Gasteiger charge is -2.32. The van der Waals surface area contributed by atoms with Crippen LogP contribution in [0.25, 0.3) is 10.9 Å². The normalized spacial score (nSPS) is 15.4. The minimum atomic E-state index is -0.0331. The summed E-state index contributed by atoms with van der Waals surface area (Å²) in [6.07, 6.45) is 1.94. The van der Waals surface area contributed by atoms with Gasteiger partial charge in [-0.25, -0.2) is 0 Å². The predicted octanol–water partition coefficient (Wildman–Crippen LogP) is 3.95. The Labute approximate surface area is 171 Å². The summed E-state index contributed by atoms with van der Waals surface area (Å²) in [6.45, 7) is 4.85. The molecule has 5 heteroatoms. The van der Waals surface area contributed by atoms with Gasteiger partial charge >= 0.3 is 0 Å². The number of rotatable bonds is 5. The monoisotopic (exact) mass is 389 g/mol. The van der Waals surface area contributed by atoms with Crippen LogP contribution in [0.15, 0.2) is 54.6 Å². The first kappa shape index (κ1) is 19.4. The third-order valence-corrected chi connectivity index (χ3v) is 5.63. The zero-order valence-corrected chi connectivity index (χ0v) is 17.0. The molecule has 1 amide bonds. The van der Waals surface area contributed by atoms with E-state index in [0.717, 1.165) is 54.8 Å². The number of hydrogen-bond donors (Lipinski definition) is 1. The van der Waals surface area contributed by atoms with Gasteiger partial charge in [0.15, 0.2) is 0 Å². The van der Waals surface area contributed by atoms with Crippen LogP contribution in [-0.2, 0) is 6.54 Å². The molecule has 4 rings (SSSR count). The van der Waals surface area contributed by atoms with E-state index >= 15 is 0 Å². The molecular formula is C24H27N3O2. The fourth-order valence-corrected chi connectivity index (χ4v) is 3.94. The van der Waals surface area contributed by atoms with Crippen LogP contribution < -0.4 is 10.1 Å². The van der Waals surface area contributed by atoms with Gasteiger partial charge in [-0.15, -0.1) is 0 Å². The molecular weight excluding hydrogens is 362 g/mol. The van der Waals surface area contributed by atoms with E-state index in [9.17, 15) is 4.79 Å². The van der Waals surface area contributed by atoms with Crippen LogP contribution in [0.2, 0.25) is 0 Å². The number of fused-ring (bicyclic) bond motifs is 1. The molecule has 1 N–H and O–H groups in total. The summed E-state index contributed by atoms with van der Waals surface area (Å²) in [7, 11) is 1.64. The summed E-state index contributed by atoms with van der Waals surface area (Å²) < 4.78 is 5.26. The van der Waals surface area contributed by atoms with Gasteiger partial charge in [0.05, 0.1) is 23.9 Å². The largest absolute Gasteiger partial charge is 0.497 e. The summed E-state index contributed by atoms with van der Waals surface area (Å²) in [5.74, 6) is 0.734. The molecule has 1 aliphatic heterocycles. The van der Waals surface area contributed by atoms with Crippen LogP contribution in [0.3, 0.4) is 0 Å². The maximum atomic E-state index is 12.9. The van der Waals surface area contributed by atoms with E-state index in [1.807, 2.05) is 37.3 Å². The molecule has 1 aromatic heterocycles. The highest BCUT2D eigenvalue weighted by Gasteiger charge is 2.22. The standard InChI is InChI=1S/C24H27N3O2/c1-17-22(14-19-8-9-21(29-2)15-23(19)25-17)24(28)26-20-10-12-27(13-11-20)16-18-6-4-3-5-7-18/h3-9,14-15,20H,10-13,16H2,1-2H3,(H,26,28). The van der Waals surface area contributed by atoms with Crippen molar-refractivity contribution in [1.82, 2.24) is 15.2 Å². The lowest BCUT2D eigenvalue weighted by atomic mass is 10.0. The summed E-state index contributed by atoms with van der Waals surface area (Å²) in [5.41, 5.74) is 3.57. The van der Waals surface area contributed by atoms with Crippen molar-refractivity contribution < 1.29 is 9.53 Å². The SMILES string of the molecule is COc1ccc2cc(C(=O)NC3CCN(Cc4ccccc4)CC3)c(C)nc2c1. The van der Waals surface area contributed by atoms with E-state index in [1.165, 1.54) is 5.56 Å². The van der Waals surface area contributed by atoms with Crippen molar-refractivity contribution >= 4 is 16.8 Å². The Hall–Kier alpha value is -2.92. The number of ether oxygens (including phenoxy) is 1. The molecule has 1 fully saturated rings. The molecule has 0 spiro atoms. The smallest absolute Gasteiger partial charge is 0.253 e. The lowest BCUT2D eigenvalue weighted by Crippen LogP contribution is -2.44. The maximum Gasteiger partial charge on any atom is 0.253 e. The van der Waals surface area contributed by atoms with E-state index in [-0.39, 0.29) is 11.9 Å². The van der Waals surface area contributed by atoms with Gasteiger partial charge in [-0.2, -0.15) is 0 Å². The van der Waals surface area contributed by atoms with Crippen molar-refractivity contribution in [2.45, 2.75) is 32.4 Å². The molecule has 29 heavy (non-hydrogen) atoms. The molecule has 5 nitrogen and oxygen atoms in total. The number of methoxy groups -OCH3 is 1. The number of aromatic nitrogens is 1. The Morgan fingerprint density at radius 3 is 2.62 bits per heavy atom. The number of nitrogens with one attached hydrogen (secondary N) is 1. The number of amides is 1. The first-order valence-corrected chi connectivity index (χ1v) is 10.1. The second-order valence-electron chi connectivity index (χ2n) is 7.69. The van der Waals surface area contributed by atoms with Gasteiger partial charge in [-0.05, 0) is 43.5 Å². The molecule has 0 bridgehead atoms. The van der Waals surface area contributed by atoms with Gasteiger partial charge < -0.3 is 10.1 Å². The van der Waals surface area contributed by atoms with Crippen molar-refractivity contribution in [3.63, 3.8) is 0 Å². The van der Waals surface area contributed by atoms with E-state index < -0.39 is 0 Å². The Kier molecular flexibility index (Phi) is 5.76. The van der Waals surface area contributed by atoms with E-state index in [4.69, 9.17) is 4.74 Å². The predicted molar refractivity (Wildman–Crippen MR) is 115 cm³/mol. The average molecular weight is 389 g/mol. The third-order valence-electron chi connectivity index (χ3n) is 5.63. The minimum absolute atomic E-state index is 0.0331. The molecule has 2 heterocycles. The topological polar surface area (TPSA) is 54.5 Å². The summed E-state index contributed by atoms with van der Waals surface area (Å²) in [6, 6.07) is 18.4. The number of nitrogens with zero attached hydrogens (tertiary/aromatic N) is 2. The molecule has 3 aromatic rings. The zero-order valence-electron chi connectivity index (χ0n) is 17.0. The fourth-order valence-electron chi connectivity index (χ4n) is 3.94. The first-order valence-electron chi connectivity index (χ1n) is 10.1. The van der Waals surface area contributed by atoms with Crippen molar-refractivity contribution in [3.05, 3.63) is 71.4 Å². The molecule has 0 saturated carbocycles. The molecule has 150 valence electrons. The number of aryl methyl sites for hydroxylation is 1. The number of benzene rings is 2. The van der Waals surface area contributed by atoms with Gasteiger partial charge in [-0.1, -0.05) is 30.3 Å². The van der Waals surface area contributed by atoms with Crippen molar-refractivity contribution in [3.8, 4) is 5.75 Å². The zero-order chi connectivity index (χ0) is 20.2. The van der Waals surface area contributed by atoms with E-state index in [1.54, 1.807) is 7.11 Å².